The summed E-state index contributed by atoms with van der Waals surface area (Å²) in [6.07, 6.45) is -2.04. The van der Waals surface area contributed by atoms with Gasteiger partial charge in [-0.2, -0.15) is 0 Å². The maximum absolute atomic E-state index is 12.3. The lowest BCUT2D eigenvalue weighted by molar-refractivity contribution is 0.102. The van der Waals surface area contributed by atoms with Crippen LogP contribution in [-0.4, -0.2) is 24.5 Å². The van der Waals surface area contributed by atoms with Gasteiger partial charge in [0.2, 0.25) is 0 Å². The van der Waals surface area contributed by atoms with Crippen molar-refractivity contribution in [1.82, 2.24) is 10.3 Å². The van der Waals surface area contributed by atoms with Crippen LogP contribution in [0.3, 0.4) is 0 Å². The minimum absolute atomic E-state index is 0.298. The van der Waals surface area contributed by atoms with Crippen molar-refractivity contribution in [3.05, 3.63) is 16.1 Å². The van der Waals surface area contributed by atoms with Crippen molar-refractivity contribution in [2.45, 2.75) is 25.8 Å². The van der Waals surface area contributed by atoms with E-state index < -0.39 is 12.5 Å². The van der Waals surface area contributed by atoms with Crippen LogP contribution in [0.4, 0.5) is 8.78 Å². The minimum Gasteiger partial charge on any atom is -0.312 e. The molecule has 0 aromatic carbocycles. The lowest BCUT2D eigenvalue weighted by Gasteiger charge is -2.12. The van der Waals surface area contributed by atoms with Crippen LogP contribution in [0.1, 0.15) is 10.7 Å². The molecule has 1 N–H and O–H groups in total. The SMILES string of the molecule is CNC(Cc1nc(C)cs1)C(F)F. The summed E-state index contributed by atoms with van der Waals surface area (Å²) in [6, 6.07) is -0.787. The highest BCUT2D eigenvalue weighted by molar-refractivity contribution is 7.09. The molecule has 0 saturated heterocycles. The van der Waals surface area contributed by atoms with Crippen LogP contribution in [0.2, 0.25) is 0 Å². The Morgan fingerprint density at radius 1 is 1.62 bits per heavy atom. The number of hydrogen-bond donors (Lipinski definition) is 1. The summed E-state index contributed by atoms with van der Waals surface area (Å²) in [5.74, 6) is 0. The molecule has 1 rings (SSSR count). The molecule has 0 spiro atoms. The fourth-order valence-corrected chi connectivity index (χ4v) is 1.83. The maximum atomic E-state index is 12.3. The monoisotopic (exact) mass is 206 g/mol. The molecule has 0 aliphatic rings. The second-order valence-electron chi connectivity index (χ2n) is 2.82. The molecule has 0 radical (unpaired) electrons. The topological polar surface area (TPSA) is 24.9 Å². The molecule has 1 unspecified atom stereocenters. The highest BCUT2D eigenvalue weighted by atomic mass is 32.1. The molecule has 0 aliphatic heterocycles. The van der Waals surface area contributed by atoms with Crippen LogP contribution < -0.4 is 5.32 Å². The summed E-state index contributed by atoms with van der Waals surface area (Å²) >= 11 is 1.43. The number of thiazole rings is 1. The first-order chi connectivity index (χ1) is 6.13. The summed E-state index contributed by atoms with van der Waals surface area (Å²) < 4.78 is 24.6. The Bertz CT molecular complexity index is 262. The van der Waals surface area contributed by atoms with Gasteiger partial charge in [0, 0.05) is 17.5 Å². The first-order valence-electron chi connectivity index (χ1n) is 4.00. The van der Waals surface area contributed by atoms with Crippen LogP contribution >= 0.6 is 11.3 Å². The predicted molar refractivity (Wildman–Crippen MR) is 49.4 cm³/mol. The van der Waals surface area contributed by atoms with Crippen molar-refractivity contribution in [1.29, 1.82) is 0 Å². The lowest BCUT2D eigenvalue weighted by Crippen LogP contribution is -2.34. The molecule has 1 heterocycles. The molecule has 0 aliphatic carbocycles. The van der Waals surface area contributed by atoms with E-state index in [1.165, 1.54) is 18.4 Å². The molecular formula is C8H12F2N2S. The number of hydrogen-bond acceptors (Lipinski definition) is 3. The molecule has 5 heteroatoms. The minimum atomic E-state index is -2.34. The molecule has 13 heavy (non-hydrogen) atoms. The average molecular weight is 206 g/mol. The number of nitrogens with one attached hydrogen (secondary N) is 1. The van der Waals surface area contributed by atoms with Gasteiger partial charge in [0.15, 0.2) is 0 Å². The molecule has 1 aromatic heterocycles. The Hall–Kier alpha value is -0.550. The fourth-order valence-electron chi connectivity index (χ4n) is 1.00. The zero-order valence-electron chi connectivity index (χ0n) is 7.55. The molecular weight excluding hydrogens is 194 g/mol. The third-order valence-electron chi connectivity index (χ3n) is 1.74. The van der Waals surface area contributed by atoms with Gasteiger partial charge in [-0.3, -0.25) is 0 Å². The summed E-state index contributed by atoms with van der Waals surface area (Å²) in [7, 11) is 1.54. The highest BCUT2D eigenvalue weighted by Gasteiger charge is 2.19. The summed E-state index contributed by atoms with van der Waals surface area (Å²) in [6.45, 7) is 1.86. The molecule has 0 bridgehead atoms. The molecule has 1 aromatic rings. The van der Waals surface area contributed by atoms with E-state index in [1.54, 1.807) is 0 Å². The molecule has 2 nitrogen and oxygen atoms in total. The van der Waals surface area contributed by atoms with Crippen LogP contribution in [0.15, 0.2) is 5.38 Å². The molecule has 1 atom stereocenters. The Kier molecular flexibility index (Phi) is 3.74. The first kappa shape index (κ1) is 10.5. The van der Waals surface area contributed by atoms with Crippen molar-refractivity contribution >= 4 is 11.3 Å². The quantitative estimate of drug-likeness (QED) is 0.813. The van der Waals surface area contributed by atoms with Gasteiger partial charge in [0.05, 0.1) is 11.0 Å². The number of alkyl halides is 2. The van der Waals surface area contributed by atoms with Crippen LogP contribution in [0, 0.1) is 6.92 Å². The average Bonchev–Trinajstić information content (AvgIpc) is 2.46. The van der Waals surface area contributed by atoms with E-state index in [-0.39, 0.29) is 0 Å². The standard InChI is InChI=1S/C8H12F2N2S/c1-5-4-13-7(12-5)3-6(11-2)8(9)10/h4,6,8,11H,3H2,1-2H3. The number of aryl methyl sites for hydroxylation is 1. The van der Waals surface area contributed by atoms with Gasteiger partial charge in [-0.1, -0.05) is 0 Å². The van der Waals surface area contributed by atoms with Gasteiger partial charge in [-0.15, -0.1) is 11.3 Å². The third-order valence-corrected chi connectivity index (χ3v) is 2.73. The van der Waals surface area contributed by atoms with Crippen LogP contribution in [0.5, 0.6) is 0 Å². The summed E-state index contributed by atoms with van der Waals surface area (Å²) in [5, 5.41) is 5.21. The number of aromatic nitrogens is 1. The fraction of sp³-hybridized carbons (Fsp3) is 0.625. The van der Waals surface area contributed by atoms with E-state index in [0.29, 0.717) is 6.42 Å². The Balaban J connectivity index is 2.56. The normalized spacial score (nSPS) is 13.6. The zero-order valence-corrected chi connectivity index (χ0v) is 8.37. The van der Waals surface area contributed by atoms with Gasteiger partial charge in [0.25, 0.3) is 6.43 Å². The number of nitrogens with zero attached hydrogens (tertiary/aromatic N) is 1. The van der Waals surface area contributed by atoms with E-state index >= 15 is 0 Å². The van der Waals surface area contributed by atoms with Gasteiger partial charge in [-0.25, -0.2) is 13.8 Å². The molecule has 0 amide bonds. The van der Waals surface area contributed by atoms with Gasteiger partial charge >= 0.3 is 0 Å². The Morgan fingerprint density at radius 3 is 2.69 bits per heavy atom. The first-order valence-corrected chi connectivity index (χ1v) is 4.88. The van der Waals surface area contributed by atoms with E-state index in [4.69, 9.17) is 0 Å². The van der Waals surface area contributed by atoms with Crippen molar-refractivity contribution in [2.24, 2.45) is 0 Å². The number of halogens is 2. The number of rotatable bonds is 4. The maximum Gasteiger partial charge on any atom is 0.254 e. The second kappa shape index (κ2) is 4.62. The van der Waals surface area contributed by atoms with Crippen LogP contribution in [-0.2, 0) is 6.42 Å². The van der Waals surface area contributed by atoms with Crippen molar-refractivity contribution in [3.8, 4) is 0 Å². The van der Waals surface area contributed by atoms with Gasteiger partial charge in [0.1, 0.15) is 0 Å². The van der Waals surface area contributed by atoms with Crippen molar-refractivity contribution in [3.63, 3.8) is 0 Å². The lowest BCUT2D eigenvalue weighted by atomic mass is 10.2. The largest absolute Gasteiger partial charge is 0.312 e. The number of likely N-dealkylation sites (N-methyl/N-ethyl adjacent to an activating group) is 1. The highest BCUT2D eigenvalue weighted by Crippen LogP contribution is 2.13. The predicted octanol–water partition coefficient (Wildman–Crippen LogP) is 1.85. The Morgan fingerprint density at radius 2 is 2.31 bits per heavy atom. The summed E-state index contributed by atoms with van der Waals surface area (Å²) in [4.78, 5) is 4.13. The van der Waals surface area contributed by atoms with Crippen molar-refractivity contribution in [2.75, 3.05) is 7.05 Å². The van der Waals surface area contributed by atoms with Crippen LogP contribution in [0.25, 0.3) is 0 Å². The van der Waals surface area contributed by atoms with Gasteiger partial charge in [-0.05, 0) is 14.0 Å². The van der Waals surface area contributed by atoms with Gasteiger partial charge < -0.3 is 5.32 Å². The van der Waals surface area contributed by atoms with E-state index in [2.05, 4.69) is 10.3 Å². The van der Waals surface area contributed by atoms with E-state index in [9.17, 15) is 8.78 Å². The molecule has 0 saturated carbocycles. The van der Waals surface area contributed by atoms with E-state index in [1.807, 2.05) is 12.3 Å². The third kappa shape index (κ3) is 3.00. The second-order valence-corrected chi connectivity index (χ2v) is 3.76. The summed E-state index contributed by atoms with van der Waals surface area (Å²) in [5.41, 5.74) is 0.893. The zero-order chi connectivity index (χ0) is 9.84. The molecule has 74 valence electrons. The Labute approximate surface area is 80.0 Å². The smallest absolute Gasteiger partial charge is 0.254 e. The van der Waals surface area contributed by atoms with Crippen molar-refractivity contribution < 1.29 is 8.78 Å². The molecule has 0 fully saturated rings. The van der Waals surface area contributed by atoms with E-state index in [0.717, 1.165) is 10.7 Å².